The summed E-state index contributed by atoms with van der Waals surface area (Å²) in [7, 11) is 0. The number of H-pyrrole nitrogens is 1. The number of likely N-dealkylation sites (tertiary alicyclic amines) is 1. The van der Waals surface area contributed by atoms with Crippen molar-refractivity contribution in [2.45, 2.75) is 32.6 Å². The largest absolute Gasteiger partial charge is 0.342 e. The number of amides is 2. The summed E-state index contributed by atoms with van der Waals surface area (Å²) in [5.74, 6) is 1.19. The molecule has 27 heavy (non-hydrogen) atoms. The zero-order valence-electron chi connectivity index (χ0n) is 15.6. The molecule has 1 aliphatic rings. The van der Waals surface area contributed by atoms with Gasteiger partial charge in [-0.3, -0.25) is 0 Å². The van der Waals surface area contributed by atoms with Crippen molar-refractivity contribution in [2.75, 3.05) is 18.4 Å². The summed E-state index contributed by atoms with van der Waals surface area (Å²) in [5, 5.41) is 3.55. The monoisotopic (exact) mass is 382 g/mol. The first kappa shape index (κ1) is 17.9. The van der Waals surface area contributed by atoms with Crippen molar-refractivity contribution < 1.29 is 4.79 Å². The molecule has 1 fully saturated rings. The number of carbonyl (C=O) groups is 1. The first-order valence-corrected chi connectivity index (χ1v) is 9.66. The molecule has 3 aromatic rings. The molecule has 1 aliphatic heterocycles. The van der Waals surface area contributed by atoms with E-state index in [2.05, 4.69) is 36.3 Å². The number of hydrogen-bond donors (Lipinski definition) is 2. The Labute approximate surface area is 163 Å². The van der Waals surface area contributed by atoms with Gasteiger partial charge in [-0.05, 0) is 68.1 Å². The average Bonchev–Trinajstić information content (AvgIpc) is 3.05. The molecule has 0 radical (unpaired) electrons. The van der Waals surface area contributed by atoms with Gasteiger partial charge in [0.25, 0.3) is 0 Å². The zero-order chi connectivity index (χ0) is 19.0. The predicted molar refractivity (Wildman–Crippen MR) is 110 cm³/mol. The number of hydrogen-bond acceptors (Lipinski definition) is 2. The number of aryl methyl sites for hydroxylation is 2. The quantitative estimate of drug-likeness (QED) is 0.636. The number of aromatic amines is 1. The number of carbonyl (C=O) groups excluding carboxylic acids is 1. The van der Waals surface area contributed by atoms with Crippen LogP contribution in [0.2, 0.25) is 5.02 Å². The molecule has 1 saturated heterocycles. The summed E-state index contributed by atoms with van der Waals surface area (Å²) in [6, 6.07) is 11.4. The van der Waals surface area contributed by atoms with Gasteiger partial charge in [0, 0.05) is 29.7 Å². The maximum absolute atomic E-state index is 12.7. The van der Waals surface area contributed by atoms with Crippen LogP contribution < -0.4 is 5.32 Å². The topological polar surface area (TPSA) is 61.0 Å². The van der Waals surface area contributed by atoms with E-state index < -0.39 is 0 Å². The SMILES string of the molecule is Cc1cc2nc([C@@H]3CCCN(C(=O)Nc4cccc(Cl)c4)C3)[nH]c2cc1C. The Morgan fingerprint density at radius 3 is 2.89 bits per heavy atom. The van der Waals surface area contributed by atoms with Crippen molar-refractivity contribution >= 4 is 34.4 Å². The molecular weight excluding hydrogens is 360 g/mol. The van der Waals surface area contributed by atoms with E-state index in [0.29, 0.717) is 17.3 Å². The smallest absolute Gasteiger partial charge is 0.321 e. The van der Waals surface area contributed by atoms with Crippen molar-refractivity contribution in [3.05, 3.63) is 58.4 Å². The Morgan fingerprint density at radius 2 is 2.07 bits per heavy atom. The van der Waals surface area contributed by atoms with Gasteiger partial charge in [0.05, 0.1) is 11.0 Å². The van der Waals surface area contributed by atoms with Crippen LogP contribution in [0.4, 0.5) is 10.5 Å². The molecule has 5 nitrogen and oxygen atoms in total. The van der Waals surface area contributed by atoms with E-state index in [1.807, 2.05) is 17.0 Å². The van der Waals surface area contributed by atoms with Gasteiger partial charge in [0.15, 0.2) is 0 Å². The summed E-state index contributed by atoms with van der Waals surface area (Å²) in [5.41, 5.74) is 5.27. The molecule has 2 N–H and O–H groups in total. The molecule has 2 amide bonds. The third-order valence-corrected chi connectivity index (χ3v) is 5.52. The van der Waals surface area contributed by atoms with Crippen LogP contribution in [0.3, 0.4) is 0 Å². The summed E-state index contributed by atoms with van der Waals surface area (Å²) in [6.07, 6.45) is 1.99. The molecule has 2 heterocycles. The molecule has 1 atom stereocenters. The van der Waals surface area contributed by atoms with Gasteiger partial charge in [0.2, 0.25) is 0 Å². The highest BCUT2D eigenvalue weighted by atomic mass is 35.5. The van der Waals surface area contributed by atoms with Gasteiger partial charge in [-0.25, -0.2) is 9.78 Å². The van der Waals surface area contributed by atoms with Crippen molar-refractivity contribution in [1.82, 2.24) is 14.9 Å². The van der Waals surface area contributed by atoms with Crippen LogP contribution in [-0.2, 0) is 0 Å². The fourth-order valence-electron chi connectivity index (χ4n) is 3.64. The van der Waals surface area contributed by atoms with Gasteiger partial charge in [0.1, 0.15) is 5.82 Å². The Balaban J connectivity index is 1.50. The van der Waals surface area contributed by atoms with Gasteiger partial charge < -0.3 is 15.2 Å². The number of rotatable bonds is 2. The summed E-state index contributed by atoms with van der Waals surface area (Å²) < 4.78 is 0. The van der Waals surface area contributed by atoms with E-state index in [-0.39, 0.29) is 11.9 Å². The van der Waals surface area contributed by atoms with Crippen LogP contribution in [-0.4, -0.2) is 34.0 Å². The number of anilines is 1. The maximum Gasteiger partial charge on any atom is 0.321 e. The first-order chi connectivity index (χ1) is 13.0. The van der Waals surface area contributed by atoms with Crippen molar-refractivity contribution in [3.63, 3.8) is 0 Å². The summed E-state index contributed by atoms with van der Waals surface area (Å²) >= 11 is 6.00. The Bertz CT molecular complexity index is 958. The number of halogens is 1. The van der Waals surface area contributed by atoms with Crippen molar-refractivity contribution in [3.8, 4) is 0 Å². The molecular formula is C21H23ClN4O. The standard InChI is InChI=1S/C21H23ClN4O/c1-13-9-18-19(10-14(13)2)25-20(24-18)15-5-4-8-26(12-15)21(27)23-17-7-3-6-16(22)11-17/h3,6-7,9-11,15H,4-5,8,12H2,1-2H3,(H,23,27)(H,24,25)/t15-/m1/s1. The summed E-state index contributed by atoms with van der Waals surface area (Å²) in [4.78, 5) is 22.8. The van der Waals surface area contributed by atoms with E-state index in [0.717, 1.165) is 36.2 Å². The molecule has 0 unspecified atom stereocenters. The minimum absolute atomic E-state index is 0.0928. The number of nitrogens with one attached hydrogen (secondary N) is 2. The number of nitrogens with zero attached hydrogens (tertiary/aromatic N) is 2. The molecule has 4 rings (SSSR count). The van der Waals surface area contributed by atoms with E-state index in [1.54, 1.807) is 12.1 Å². The zero-order valence-corrected chi connectivity index (χ0v) is 16.3. The summed E-state index contributed by atoms with van der Waals surface area (Å²) in [6.45, 7) is 5.62. The molecule has 0 bridgehead atoms. The number of benzene rings is 2. The fourth-order valence-corrected chi connectivity index (χ4v) is 3.83. The van der Waals surface area contributed by atoms with E-state index in [9.17, 15) is 4.79 Å². The number of imidazole rings is 1. The van der Waals surface area contributed by atoms with E-state index in [1.165, 1.54) is 11.1 Å². The maximum atomic E-state index is 12.7. The van der Waals surface area contributed by atoms with Crippen LogP contribution in [0.25, 0.3) is 11.0 Å². The molecule has 2 aromatic carbocycles. The van der Waals surface area contributed by atoms with Gasteiger partial charge in [-0.15, -0.1) is 0 Å². The Hall–Kier alpha value is -2.53. The molecule has 0 aliphatic carbocycles. The fraction of sp³-hybridized carbons (Fsp3) is 0.333. The number of fused-ring (bicyclic) bond motifs is 1. The number of piperidine rings is 1. The van der Waals surface area contributed by atoms with Crippen LogP contribution in [0, 0.1) is 13.8 Å². The lowest BCUT2D eigenvalue weighted by molar-refractivity contribution is 0.191. The van der Waals surface area contributed by atoms with Crippen LogP contribution in [0.1, 0.15) is 35.7 Å². The average molecular weight is 383 g/mol. The Kier molecular flexibility index (Phi) is 4.79. The Morgan fingerprint density at radius 1 is 1.26 bits per heavy atom. The third-order valence-electron chi connectivity index (χ3n) is 5.29. The second-order valence-electron chi connectivity index (χ2n) is 7.30. The minimum atomic E-state index is -0.0928. The van der Waals surface area contributed by atoms with Gasteiger partial charge >= 0.3 is 6.03 Å². The van der Waals surface area contributed by atoms with Crippen molar-refractivity contribution in [1.29, 1.82) is 0 Å². The second kappa shape index (κ2) is 7.24. The first-order valence-electron chi connectivity index (χ1n) is 9.28. The van der Waals surface area contributed by atoms with E-state index >= 15 is 0 Å². The van der Waals surface area contributed by atoms with Gasteiger partial charge in [-0.2, -0.15) is 0 Å². The number of aromatic nitrogens is 2. The van der Waals surface area contributed by atoms with Crippen LogP contribution >= 0.6 is 11.6 Å². The van der Waals surface area contributed by atoms with Crippen LogP contribution in [0.5, 0.6) is 0 Å². The molecule has 0 saturated carbocycles. The molecule has 140 valence electrons. The van der Waals surface area contributed by atoms with Crippen LogP contribution in [0.15, 0.2) is 36.4 Å². The van der Waals surface area contributed by atoms with Crippen molar-refractivity contribution in [2.24, 2.45) is 0 Å². The lowest BCUT2D eigenvalue weighted by Gasteiger charge is -2.31. The highest BCUT2D eigenvalue weighted by Crippen LogP contribution is 2.28. The second-order valence-corrected chi connectivity index (χ2v) is 7.74. The third kappa shape index (κ3) is 3.78. The van der Waals surface area contributed by atoms with Gasteiger partial charge in [-0.1, -0.05) is 17.7 Å². The molecule has 6 heteroatoms. The lowest BCUT2D eigenvalue weighted by Crippen LogP contribution is -2.41. The number of urea groups is 1. The highest BCUT2D eigenvalue weighted by Gasteiger charge is 2.27. The van der Waals surface area contributed by atoms with E-state index in [4.69, 9.17) is 16.6 Å². The molecule has 0 spiro atoms. The lowest BCUT2D eigenvalue weighted by atomic mass is 9.97. The predicted octanol–water partition coefficient (Wildman–Crippen LogP) is 5.24. The minimum Gasteiger partial charge on any atom is -0.342 e. The normalized spacial score (nSPS) is 17.3. The highest BCUT2D eigenvalue weighted by molar-refractivity contribution is 6.30. The molecule has 1 aromatic heterocycles.